The molecule has 47 heavy (non-hydrogen) atoms. The Morgan fingerprint density at radius 2 is 1.45 bits per heavy atom. The van der Waals surface area contributed by atoms with Gasteiger partial charge in [0.25, 0.3) is 0 Å². The van der Waals surface area contributed by atoms with Gasteiger partial charge in [-0.2, -0.15) is 12.1 Å². The Hall–Kier alpha value is -4.90. The molecule has 0 fully saturated rings. The summed E-state index contributed by atoms with van der Waals surface area (Å²) >= 11 is 0. The number of aryl methyl sites for hydroxylation is 3. The second kappa shape index (κ2) is 12.7. The minimum absolute atomic E-state index is 0. The molecule has 7 rings (SSSR count). The summed E-state index contributed by atoms with van der Waals surface area (Å²) < 4.78 is 22.0. The van der Waals surface area contributed by atoms with Crippen LogP contribution in [-0.2, 0) is 20.4 Å². The Morgan fingerprint density at radius 3 is 2.17 bits per heavy atom. The summed E-state index contributed by atoms with van der Waals surface area (Å²) in [7, 11) is 3.28. The van der Waals surface area contributed by atoms with Gasteiger partial charge in [-0.25, -0.2) is 9.67 Å². The van der Waals surface area contributed by atoms with Crippen molar-refractivity contribution in [3.8, 4) is 45.9 Å². The molecule has 0 bridgehead atoms. The number of ether oxygens (including phenoxy) is 3. The average Bonchev–Trinajstić information content (AvgIpc) is 3.59. The molecule has 7 nitrogen and oxygen atoms in total. The molecule has 7 aromatic rings. The van der Waals surface area contributed by atoms with Crippen molar-refractivity contribution in [2.24, 2.45) is 0 Å². The number of hydrogen-bond donors (Lipinski definition) is 0. The third kappa shape index (κ3) is 5.48. The van der Waals surface area contributed by atoms with Crippen LogP contribution in [0.4, 0.5) is 0 Å². The Balaban J connectivity index is 0.00000386. The van der Waals surface area contributed by atoms with Gasteiger partial charge in [-0.1, -0.05) is 29.8 Å². The zero-order chi connectivity index (χ0) is 32.1. The number of methoxy groups -OCH3 is 2. The van der Waals surface area contributed by atoms with Gasteiger partial charge in [0.2, 0.25) is 11.8 Å². The van der Waals surface area contributed by atoms with Crippen LogP contribution in [0.3, 0.4) is 0 Å². The Kier molecular flexibility index (Phi) is 8.67. The first-order valence-electron chi connectivity index (χ1n) is 15.2. The third-order valence-corrected chi connectivity index (χ3v) is 8.70. The molecule has 0 amide bonds. The molecule has 0 aliphatic rings. The summed E-state index contributed by atoms with van der Waals surface area (Å²) in [6.45, 7) is 10.5. The minimum Gasteiger partial charge on any atom is -0.509 e. The molecule has 0 aliphatic carbocycles. The van der Waals surface area contributed by atoms with E-state index in [4.69, 9.17) is 19.3 Å². The van der Waals surface area contributed by atoms with Crippen LogP contribution in [0.25, 0.3) is 44.4 Å². The van der Waals surface area contributed by atoms with Crippen molar-refractivity contribution in [2.75, 3.05) is 14.2 Å². The van der Waals surface area contributed by atoms with Crippen LogP contribution in [-0.4, -0.2) is 33.6 Å². The second-order valence-electron chi connectivity index (χ2n) is 11.6. The van der Waals surface area contributed by atoms with Gasteiger partial charge in [0.1, 0.15) is 11.4 Å². The fraction of sp³-hybridized carbons (Fsp3) is 0.179. The Morgan fingerprint density at radius 1 is 0.702 bits per heavy atom. The maximum atomic E-state index is 6.39. The number of aromatic nitrogens is 4. The van der Waals surface area contributed by atoms with Crippen LogP contribution in [0.15, 0.2) is 79.0 Å². The van der Waals surface area contributed by atoms with E-state index < -0.39 is 0 Å². The minimum atomic E-state index is 0. The first-order chi connectivity index (χ1) is 22.3. The number of nitrogens with zero attached hydrogens (tertiary/aromatic N) is 4. The first-order valence-corrected chi connectivity index (χ1v) is 15.2. The molecule has 4 aromatic carbocycles. The van der Waals surface area contributed by atoms with E-state index >= 15 is 0 Å². The molecule has 8 heteroatoms. The summed E-state index contributed by atoms with van der Waals surface area (Å²) in [6.07, 6.45) is 1.83. The second-order valence-corrected chi connectivity index (χ2v) is 11.6. The zero-order valence-electron chi connectivity index (χ0n) is 27.3. The number of rotatable bonds is 7. The SMILES string of the molecule is COc1nn(-c2[c-]c(Oc3[c-]c4c(cc3)c3ccccc3n4-c3cc(C)ccn3)ccc2)c(OC)c1-c1c(C)c(C)cc(C)c1C.[Pd+2]. The molecule has 0 unspecified atom stereocenters. The van der Waals surface area contributed by atoms with E-state index in [-0.39, 0.29) is 20.4 Å². The van der Waals surface area contributed by atoms with Gasteiger partial charge in [0.15, 0.2) is 0 Å². The summed E-state index contributed by atoms with van der Waals surface area (Å²) in [5, 5.41) is 7.02. The molecule has 3 aromatic heterocycles. The van der Waals surface area contributed by atoms with Crippen LogP contribution >= 0.6 is 0 Å². The van der Waals surface area contributed by atoms with Crippen molar-refractivity contribution >= 4 is 21.8 Å². The summed E-state index contributed by atoms with van der Waals surface area (Å²) in [6, 6.07) is 31.2. The van der Waals surface area contributed by atoms with E-state index in [1.165, 1.54) is 11.1 Å². The summed E-state index contributed by atoms with van der Waals surface area (Å²) in [5.74, 6) is 2.94. The summed E-state index contributed by atoms with van der Waals surface area (Å²) in [5.41, 5.74) is 10.3. The van der Waals surface area contributed by atoms with E-state index in [0.29, 0.717) is 28.9 Å². The van der Waals surface area contributed by atoms with Crippen molar-refractivity contribution in [1.82, 2.24) is 19.3 Å². The molecular formula is C39H34N4O3Pd. The predicted octanol–water partition coefficient (Wildman–Crippen LogP) is 8.98. The predicted molar refractivity (Wildman–Crippen MR) is 182 cm³/mol. The van der Waals surface area contributed by atoms with E-state index in [2.05, 4.69) is 86.6 Å². The molecular weight excluding hydrogens is 679 g/mol. The Bertz CT molecular complexity index is 2260. The molecule has 0 spiro atoms. The maximum Gasteiger partial charge on any atom is 2.00 e. The number of pyridine rings is 1. The van der Waals surface area contributed by atoms with Gasteiger partial charge >= 0.3 is 20.4 Å². The van der Waals surface area contributed by atoms with E-state index in [0.717, 1.165) is 55.4 Å². The van der Waals surface area contributed by atoms with Crippen molar-refractivity contribution in [3.63, 3.8) is 0 Å². The number of hydrogen-bond acceptors (Lipinski definition) is 5. The molecule has 0 saturated carbocycles. The first kappa shape index (κ1) is 32.1. The Labute approximate surface area is 288 Å². The monoisotopic (exact) mass is 712 g/mol. The standard InChI is InChI=1S/C39H34N4O3.Pd/c1-23-17-18-40-35(19-23)42-33-14-9-8-13-31(33)32-16-15-30(22-34(32)42)46-29-12-10-11-28(21-29)43-39(45-7)37(38(41-43)44-6)36-26(4)24(2)20-25(3)27(36)5;/h8-20H,1-7H3;/q-2;+2. The zero-order valence-corrected chi connectivity index (χ0v) is 28.9. The van der Waals surface area contributed by atoms with E-state index in [1.807, 2.05) is 48.7 Å². The largest absolute Gasteiger partial charge is 2.00 e. The third-order valence-electron chi connectivity index (χ3n) is 8.70. The van der Waals surface area contributed by atoms with Gasteiger partial charge in [0, 0.05) is 23.2 Å². The normalized spacial score (nSPS) is 11.1. The van der Waals surface area contributed by atoms with Crippen LogP contribution in [0.2, 0.25) is 0 Å². The molecule has 0 aliphatic heterocycles. The van der Waals surface area contributed by atoms with E-state index in [1.54, 1.807) is 18.9 Å². The van der Waals surface area contributed by atoms with Gasteiger partial charge in [-0.15, -0.1) is 40.8 Å². The summed E-state index contributed by atoms with van der Waals surface area (Å²) in [4.78, 5) is 4.68. The van der Waals surface area contributed by atoms with Crippen LogP contribution in [0, 0.1) is 46.8 Å². The fourth-order valence-corrected chi connectivity index (χ4v) is 6.24. The van der Waals surface area contributed by atoms with Crippen molar-refractivity contribution in [1.29, 1.82) is 0 Å². The topological polar surface area (TPSA) is 63.3 Å². The van der Waals surface area contributed by atoms with Gasteiger partial charge in [-0.3, -0.25) is 0 Å². The van der Waals surface area contributed by atoms with Crippen molar-refractivity contribution in [2.45, 2.75) is 34.6 Å². The molecule has 3 heterocycles. The molecule has 0 N–H and O–H groups in total. The smallest absolute Gasteiger partial charge is 0.509 e. The van der Waals surface area contributed by atoms with E-state index in [9.17, 15) is 0 Å². The van der Waals surface area contributed by atoms with Gasteiger partial charge < -0.3 is 18.8 Å². The van der Waals surface area contributed by atoms with Gasteiger partial charge in [0.05, 0.1) is 14.2 Å². The maximum absolute atomic E-state index is 6.39. The average molecular weight is 713 g/mol. The van der Waals surface area contributed by atoms with Crippen LogP contribution in [0.5, 0.6) is 23.3 Å². The molecule has 238 valence electrons. The van der Waals surface area contributed by atoms with Crippen LogP contribution in [0.1, 0.15) is 27.8 Å². The molecule has 0 saturated heterocycles. The van der Waals surface area contributed by atoms with Gasteiger partial charge in [-0.05, 0) is 97.3 Å². The quantitative estimate of drug-likeness (QED) is 0.122. The van der Waals surface area contributed by atoms with Crippen LogP contribution < -0.4 is 14.2 Å². The van der Waals surface area contributed by atoms with Crippen molar-refractivity contribution in [3.05, 3.63) is 119 Å². The molecule has 0 radical (unpaired) electrons. The van der Waals surface area contributed by atoms with Crippen molar-refractivity contribution < 1.29 is 34.6 Å². The fourth-order valence-electron chi connectivity index (χ4n) is 6.24. The number of benzene rings is 4. The number of fused-ring (bicyclic) bond motifs is 3. The number of para-hydroxylation sites is 1. The molecule has 0 atom stereocenters.